The molecule has 0 atom stereocenters. The SMILES string of the molecule is O=C(NCC#Cc1ccc(OCCO)cc1)OCC1c2ccccc2-c2ccccc21. The lowest BCUT2D eigenvalue weighted by Crippen LogP contribution is -2.26. The Bertz CT molecular complexity index is 1070. The van der Waals surface area contributed by atoms with Crippen molar-refractivity contribution in [2.24, 2.45) is 0 Å². The highest BCUT2D eigenvalue weighted by molar-refractivity contribution is 5.79. The largest absolute Gasteiger partial charge is 0.491 e. The minimum Gasteiger partial charge on any atom is -0.491 e. The van der Waals surface area contributed by atoms with Crippen LogP contribution in [-0.4, -0.2) is 37.6 Å². The van der Waals surface area contributed by atoms with Crippen molar-refractivity contribution in [1.29, 1.82) is 0 Å². The van der Waals surface area contributed by atoms with Crippen LogP contribution in [0.5, 0.6) is 5.75 Å². The van der Waals surface area contributed by atoms with Crippen LogP contribution in [0.15, 0.2) is 72.8 Å². The summed E-state index contributed by atoms with van der Waals surface area (Å²) < 4.78 is 10.8. The molecule has 0 saturated heterocycles. The number of alkyl carbamates (subject to hydrolysis) is 1. The Kier molecular flexibility index (Phi) is 6.51. The average Bonchev–Trinajstić information content (AvgIpc) is 3.14. The summed E-state index contributed by atoms with van der Waals surface area (Å²) in [5.74, 6) is 6.61. The number of benzene rings is 3. The summed E-state index contributed by atoms with van der Waals surface area (Å²) in [4.78, 5) is 12.1. The number of hydrogen-bond acceptors (Lipinski definition) is 4. The zero-order chi connectivity index (χ0) is 21.5. The van der Waals surface area contributed by atoms with E-state index in [1.807, 2.05) is 36.4 Å². The molecule has 0 fully saturated rings. The lowest BCUT2D eigenvalue weighted by atomic mass is 9.98. The zero-order valence-electron chi connectivity index (χ0n) is 17.0. The number of rotatable bonds is 6. The van der Waals surface area contributed by atoms with Gasteiger partial charge < -0.3 is 19.9 Å². The van der Waals surface area contributed by atoms with Crippen molar-refractivity contribution in [3.63, 3.8) is 0 Å². The highest BCUT2D eigenvalue weighted by Gasteiger charge is 2.28. The molecule has 3 aromatic rings. The molecule has 31 heavy (non-hydrogen) atoms. The molecule has 1 aliphatic rings. The van der Waals surface area contributed by atoms with E-state index in [0.29, 0.717) is 5.75 Å². The number of carbonyl (C=O) groups excluding carboxylic acids is 1. The van der Waals surface area contributed by atoms with E-state index in [-0.39, 0.29) is 32.3 Å². The molecule has 0 heterocycles. The van der Waals surface area contributed by atoms with Crippen molar-refractivity contribution < 1.29 is 19.4 Å². The van der Waals surface area contributed by atoms with Gasteiger partial charge in [-0.05, 0) is 46.5 Å². The molecule has 3 aromatic carbocycles. The van der Waals surface area contributed by atoms with E-state index in [1.165, 1.54) is 22.3 Å². The molecule has 2 N–H and O–H groups in total. The molecule has 0 bridgehead atoms. The third-order valence-electron chi connectivity index (χ3n) is 5.11. The maximum atomic E-state index is 12.1. The van der Waals surface area contributed by atoms with Crippen molar-refractivity contribution in [3.05, 3.63) is 89.5 Å². The van der Waals surface area contributed by atoms with Gasteiger partial charge >= 0.3 is 6.09 Å². The van der Waals surface area contributed by atoms with Crippen LogP contribution in [0.2, 0.25) is 0 Å². The first kappa shape index (κ1) is 20.5. The van der Waals surface area contributed by atoms with E-state index in [2.05, 4.69) is 41.4 Å². The van der Waals surface area contributed by atoms with Crippen LogP contribution in [0.4, 0.5) is 4.79 Å². The van der Waals surface area contributed by atoms with Crippen LogP contribution in [0.25, 0.3) is 11.1 Å². The summed E-state index contributed by atoms with van der Waals surface area (Å²) in [6.07, 6.45) is -0.482. The molecule has 0 aromatic heterocycles. The van der Waals surface area contributed by atoms with Crippen molar-refractivity contribution in [1.82, 2.24) is 5.32 Å². The first-order valence-corrected chi connectivity index (χ1v) is 10.2. The molecule has 1 amide bonds. The predicted octanol–water partition coefficient (Wildman–Crippen LogP) is 3.95. The Morgan fingerprint density at radius 2 is 1.58 bits per heavy atom. The molecule has 0 radical (unpaired) electrons. The highest BCUT2D eigenvalue weighted by atomic mass is 16.5. The maximum absolute atomic E-state index is 12.1. The van der Waals surface area contributed by atoms with Gasteiger partial charge in [0.2, 0.25) is 0 Å². The van der Waals surface area contributed by atoms with Gasteiger partial charge in [0.15, 0.2) is 0 Å². The van der Waals surface area contributed by atoms with E-state index in [4.69, 9.17) is 14.6 Å². The van der Waals surface area contributed by atoms with E-state index >= 15 is 0 Å². The number of carbonyl (C=O) groups is 1. The minimum atomic E-state index is -0.482. The van der Waals surface area contributed by atoms with Gasteiger partial charge in [0.1, 0.15) is 19.0 Å². The molecule has 0 saturated carbocycles. The molecule has 5 heteroatoms. The summed E-state index contributed by atoms with van der Waals surface area (Å²) in [6.45, 7) is 0.709. The Morgan fingerprint density at radius 1 is 0.935 bits per heavy atom. The second-order valence-electron chi connectivity index (χ2n) is 7.08. The third kappa shape index (κ3) is 4.88. The average molecular weight is 413 g/mol. The van der Waals surface area contributed by atoms with Crippen LogP contribution < -0.4 is 10.1 Å². The molecule has 5 nitrogen and oxygen atoms in total. The molecule has 0 aliphatic heterocycles. The Labute approximate surface area is 181 Å². The maximum Gasteiger partial charge on any atom is 0.407 e. The smallest absolute Gasteiger partial charge is 0.407 e. The van der Waals surface area contributed by atoms with E-state index < -0.39 is 6.09 Å². The van der Waals surface area contributed by atoms with E-state index in [1.54, 1.807) is 12.1 Å². The first-order chi connectivity index (χ1) is 15.3. The second kappa shape index (κ2) is 9.84. The van der Waals surface area contributed by atoms with Gasteiger partial charge in [-0.25, -0.2) is 4.79 Å². The monoisotopic (exact) mass is 413 g/mol. The zero-order valence-corrected chi connectivity index (χ0v) is 17.0. The molecule has 1 aliphatic carbocycles. The number of ether oxygens (including phenoxy) is 2. The second-order valence-corrected chi connectivity index (χ2v) is 7.08. The van der Waals surface area contributed by atoms with Gasteiger partial charge in [-0.3, -0.25) is 0 Å². The topological polar surface area (TPSA) is 67.8 Å². The fourth-order valence-electron chi connectivity index (χ4n) is 3.71. The lowest BCUT2D eigenvalue weighted by Gasteiger charge is -2.14. The van der Waals surface area contributed by atoms with E-state index in [9.17, 15) is 4.79 Å². The molecule has 0 unspecified atom stereocenters. The van der Waals surface area contributed by atoms with Gasteiger partial charge in [-0.2, -0.15) is 0 Å². The normalized spacial score (nSPS) is 11.6. The summed E-state index contributed by atoms with van der Waals surface area (Å²) in [6, 6.07) is 23.7. The summed E-state index contributed by atoms with van der Waals surface area (Å²) in [5, 5.41) is 11.4. The third-order valence-corrected chi connectivity index (χ3v) is 5.11. The standard InChI is InChI=1S/C26H23NO4/c28-16-17-30-20-13-11-19(12-14-20)6-5-15-27-26(29)31-18-25-23-9-3-1-7-21(23)22-8-2-4-10-24(22)25/h1-4,7-14,25,28H,15-18H2,(H,27,29). The fraction of sp³-hybridized carbons (Fsp3) is 0.192. The Hall–Kier alpha value is -3.75. The Morgan fingerprint density at radius 3 is 2.23 bits per heavy atom. The van der Waals surface area contributed by atoms with Crippen molar-refractivity contribution in [3.8, 4) is 28.7 Å². The van der Waals surface area contributed by atoms with Crippen molar-refractivity contribution >= 4 is 6.09 Å². The van der Waals surface area contributed by atoms with Crippen LogP contribution in [0.1, 0.15) is 22.6 Å². The molecule has 0 spiro atoms. The van der Waals surface area contributed by atoms with Gasteiger partial charge in [0, 0.05) is 11.5 Å². The number of aliphatic hydroxyl groups is 1. The summed E-state index contributed by atoms with van der Waals surface area (Å²) in [5.41, 5.74) is 5.58. The number of fused-ring (bicyclic) bond motifs is 3. The van der Waals surface area contributed by atoms with Crippen molar-refractivity contribution in [2.75, 3.05) is 26.4 Å². The lowest BCUT2D eigenvalue weighted by molar-refractivity contribution is 0.144. The van der Waals surface area contributed by atoms with Gasteiger partial charge in [-0.1, -0.05) is 60.4 Å². The first-order valence-electron chi connectivity index (χ1n) is 10.2. The predicted molar refractivity (Wildman–Crippen MR) is 119 cm³/mol. The van der Waals surface area contributed by atoms with Crippen LogP contribution in [-0.2, 0) is 4.74 Å². The molecular weight excluding hydrogens is 390 g/mol. The molecule has 4 rings (SSSR count). The number of aliphatic hydroxyl groups excluding tert-OH is 1. The van der Waals surface area contributed by atoms with Gasteiger partial charge in [0.05, 0.1) is 13.2 Å². The number of nitrogens with one attached hydrogen (secondary N) is 1. The minimum absolute atomic E-state index is 0.0247. The van der Waals surface area contributed by atoms with Crippen LogP contribution in [0, 0.1) is 11.8 Å². The number of hydrogen-bond donors (Lipinski definition) is 2. The fourth-order valence-corrected chi connectivity index (χ4v) is 3.71. The van der Waals surface area contributed by atoms with Crippen LogP contribution >= 0.6 is 0 Å². The summed E-state index contributed by atoms with van der Waals surface area (Å²) in [7, 11) is 0. The van der Waals surface area contributed by atoms with Gasteiger partial charge in [0.25, 0.3) is 0 Å². The van der Waals surface area contributed by atoms with E-state index in [0.717, 1.165) is 5.56 Å². The molecular formula is C26H23NO4. The van der Waals surface area contributed by atoms with Gasteiger partial charge in [-0.15, -0.1) is 0 Å². The quantitative estimate of drug-likeness (QED) is 0.601. The highest BCUT2D eigenvalue weighted by Crippen LogP contribution is 2.44. The molecule has 156 valence electrons. The van der Waals surface area contributed by atoms with Crippen LogP contribution in [0.3, 0.4) is 0 Å². The Balaban J connectivity index is 1.28. The summed E-state index contributed by atoms with van der Waals surface area (Å²) >= 11 is 0. The van der Waals surface area contributed by atoms with Crippen molar-refractivity contribution in [2.45, 2.75) is 5.92 Å². The number of amides is 1.